The summed E-state index contributed by atoms with van der Waals surface area (Å²) in [7, 11) is 0. The second kappa shape index (κ2) is 4.00. The Morgan fingerprint density at radius 3 is 3.07 bits per heavy atom. The monoisotopic (exact) mass is 205 g/mol. The van der Waals surface area contributed by atoms with Crippen molar-refractivity contribution in [1.29, 1.82) is 0 Å². The summed E-state index contributed by atoms with van der Waals surface area (Å²) in [6.07, 6.45) is 6.95. The highest BCUT2D eigenvalue weighted by molar-refractivity contribution is 5.72. The summed E-state index contributed by atoms with van der Waals surface area (Å²) in [6.45, 7) is 0. The molecule has 5 heteroatoms. The first-order valence-corrected chi connectivity index (χ1v) is 4.60. The first-order chi connectivity index (χ1) is 7.27. The molecule has 0 bridgehead atoms. The maximum absolute atomic E-state index is 11.1. The first kappa shape index (κ1) is 9.51. The van der Waals surface area contributed by atoms with Crippen molar-refractivity contribution in [2.45, 2.75) is 12.5 Å². The van der Waals surface area contributed by atoms with Crippen molar-refractivity contribution in [3.63, 3.8) is 0 Å². The minimum absolute atomic E-state index is 0.429. The van der Waals surface area contributed by atoms with Crippen molar-refractivity contribution < 1.29 is 9.90 Å². The van der Waals surface area contributed by atoms with E-state index in [1.165, 1.54) is 6.33 Å². The van der Waals surface area contributed by atoms with Crippen molar-refractivity contribution in [1.82, 2.24) is 14.5 Å². The van der Waals surface area contributed by atoms with Crippen molar-refractivity contribution in [2.75, 3.05) is 0 Å². The van der Waals surface area contributed by atoms with Crippen LogP contribution in [0.1, 0.15) is 11.7 Å². The molecule has 0 aliphatic rings. The lowest BCUT2D eigenvalue weighted by atomic mass is 10.1. The van der Waals surface area contributed by atoms with E-state index in [0.717, 1.165) is 5.69 Å². The molecule has 2 aromatic heterocycles. The van der Waals surface area contributed by atoms with Gasteiger partial charge in [0.05, 0.1) is 6.33 Å². The standard InChI is InChI=1S/C10H11N3O2/c14-10(15)9(13-5-4-11-7-13)6-8-2-1-3-12-8/h1-5,7,9,12H,6H2,(H,14,15)/t9-/m0/s1. The van der Waals surface area contributed by atoms with Gasteiger partial charge in [-0.3, -0.25) is 0 Å². The number of imidazole rings is 1. The van der Waals surface area contributed by atoms with Crippen molar-refractivity contribution in [3.05, 3.63) is 42.7 Å². The van der Waals surface area contributed by atoms with Crippen LogP contribution in [0.5, 0.6) is 0 Å². The van der Waals surface area contributed by atoms with Gasteiger partial charge in [0, 0.05) is 30.7 Å². The van der Waals surface area contributed by atoms with E-state index < -0.39 is 12.0 Å². The van der Waals surface area contributed by atoms with E-state index in [-0.39, 0.29) is 0 Å². The van der Waals surface area contributed by atoms with Gasteiger partial charge >= 0.3 is 5.97 Å². The average Bonchev–Trinajstić information content (AvgIpc) is 2.87. The number of rotatable bonds is 4. The zero-order valence-corrected chi connectivity index (χ0v) is 8.00. The normalized spacial score (nSPS) is 12.5. The molecule has 0 aromatic carbocycles. The van der Waals surface area contributed by atoms with E-state index in [9.17, 15) is 4.79 Å². The third-order valence-corrected chi connectivity index (χ3v) is 2.25. The molecule has 78 valence electrons. The number of aromatic amines is 1. The molecule has 0 amide bonds. The van der Waals surface area contributed by atoms with Gasteiger partial charge in [0.2, 0.25) is 0 Å². The molecule has 2 N–H and O–H groups in total. The molecule has 0 aliphatic carbocycles. The van der Waals surface area contributed by atoms with Crippen LogP contribution in [-0.2, 0) is 11.2 Å². The Morgan fingerprint density at radius 2 is 2.53 bits per heavy atom. The highest BCUT2D eigenvalue weighted by atomic mass is 16.4. The van der Waals surface area contributed by atoms with Gasteiger partial charge < -0.3 is 14.7 Å². The van der Waals surface area contributed by atoms with E-state index in [1.54, 1.807) is 23.2 Å². The maximum Gasteiger partial charge on any atom is 0.327 e. The van der Waals surface area contributed by atoms with Gasteiger partial charge in [-0.15, -0.1) is 0 Å². The Morgan fingerprint density at radius 1 is 1.67 bits per heavy atom. The molecule has 0 unspecified atom stereocenters. The largest absolute Gasteiger partial charge is 0.480 e. The third-order valence-electron chi connectivity index (χ3n) is 2.25. The molecule has 15 heavy (non-hydrogen) atoms. The molecule has 0 fully saturated rings. The van der Waals surface area contributed by atoms with E-state index in [4.69, 9.17) is 5.11 Å². The van der Waals surface area contributed by atoms with Crippen LogP contribution in [0.2, 0.25) is 0 Å². The summed E-state index contributed by atoms with van der Waals surface area (Å²) in [6, 6.07) is 3.11. The molecule has 0 saturated heterocycles. The van der Waals surface area contributed by atoms with Gasteiger partial charge in [0.15, 0.2) is 0 Å². The zero-order chi connectivity index (χ0) is 10.7. The number of carboxylic acids is 1. The quantitative estimate of drug-likeness (QED) is 0.784. The van der Waals surface area contributed by atoms with Crippen LogP contribution in [0.15, 0.2) is 37.1 Å². The summed E-state index contributed by atoms with van der Waals surface area (Å²) in [5, 5.41) is 9.08. The lowest BCUT2D eigenvalue weighted by molar-refractivity contribution is -0.140. The second-order valence-corrected chi connectivity index (χ2v) is 3.26. The predicted molar refractivity (Wildman–Crippen MR) is 53.4 cm³/mol. The summed E-state index contributed by atoms with van der Waals surface area (Å²) in [4.78, 5) is 17.9. The molecule has 0 spiro atoms. The molecule has 2 heterocycles. The van der Waals surface area contributed by atoms with Crippen LogP contribution in [0, 0.1) is 0 Å². The lowest BCUT2D eigenvalue weighted by Crippen LogP contribution is -2.20. The fraction of sp³-hybridized carbons (Fsp3) is 0.200. The van der Waals surface area contributed by atoms with Crippen LogP contribution < -0.4 is 0 Å². The Balaban J connectivity index is 2.18. The van der Waals surface area contributed by atoms with E-state index in [2.05, 4.69) is 9.97 Å². The number of hydrogen-bond donors (Lipinski definition) is 2. The summed E-state index contributed by atoms with van der Waals surface area (Å²) < 4.78 is 1.59. The topological polar surface area (TPSA) is 70.9 Å². The summed E-state index contributed by atoms with van der Waals surface area (Å²) in [5.41, 5.74) is 0.899. The number of H-pyrrole nitrogens is 1. The molecule has 0 aliphatic heterocycles. The van der Waals surface area contributed by atoms with Crippen LogP contribution >= 0.6 is 0 Å². The number of carbonyl (C=O) groups is 1. The Kier molecular flexibility index (Phi) is 2.53. The number of nitrogens with zero attached hydrogens (tertiary/aromatic N) is 2. The molecule has 0 saturated carbocycles. The maximum atomic E-state index is 11.1. The summed E-state index contributed by atoms with van der Waals surface area (Å²) >= 11 is 0. The second-order valence-electron chi connectivity index (χ2n) is 3.26. The smallest absolute Gasteiger partial charge is 0.327 e. The van der Waals surface area contributed by atoms with E-state index >= 15 is 0 Å². The predicted octanol–water partition coefficient (Wildman–Crippen LogP) is 1.08. The average molecular weight is 205 g/mol. The third kappa shape index (κ3) is 2.07. The fourth-order valence-corrected chi connectivity index (χ4v) is 1.48. The number of carboxylic acid groups (broad SMARTS) is 1. The van der Waals surface area contributed by atoms with Gasteiger partial charge in [-0.2, -0.15) is 0 Å². The zero-order valence-electron chi connectivity index (χ0n) is 8.00. The molecule has 1 atom stereocenters. The number of hydrogen-bond acceptors (Lipinski definition) is 2. The molecule has 5 nitrogen and oxygen atoms in total. The van der Waals surface area contributed by atoms with Crippen molar-refractivity contribution in [2.24, 2.45) is 0 Å². The van der Waals surface area contributed by atoms with Crippen molar-refractivity contribution >= 4 is 5.97 Å². The Bertz CT molecular complexity index is 419. The van der Waals surface area contributed by atoms with Gasteiger partial charge in [-0.05, 0) is 12.1 Å². The first-order valence-electron chi connectivity index (χ1n) is 4.60. The van der Waals surface area contributed by atoms with Crippen LogP contribution in [0.25, 0.3) is 0 Å². The molecule has 2 rings (SSSR count). The van der Waals surface area contributed by atoms with Crippen LogP contribution in [0.4, 0.5) is 0 Å². The Labute approximate surface area is 86.4 Å². The van der Waals surface area contributed by atoms with Gasteiger partial charge in [-0.1, -0.05) is 0 Å². The number of aromatic nitrogens is 3. The van der Waals surface area contributed by atoms with Crippen LogP contribution in [0.3, 0.4) is 0 Å². The lowest BCUT2D eigenvalue weighted by Gasteiger charge is -2.12. The van der Waals surface area contributed by atoms with Crippen LogP contribution in [-0.4, -0.2) is 25.6 Å². The van der Waals surface area contributed by atoms with E-state index in [1.807, 2.05) is 12.1 Å². The molecule has 0 radical (unpaired) electrons. The number of aliphatic carboxylic acids is 1. The van der Waals surface area contributed by atoms with Gasteiger partial charge in [0.1, 0.15) is 6.04 Å². The highest BCUT2D eigenvalue weighted by Crippen LogP contribution is 2.12. The minimum atomic E-state index is -0.859. The van der Waals surface area contributed by atoms with Crippen molar-refractivity contribution in [3.8, 4) is 0 Å². The molecule has 2 aromatic rings. The SMILES string of the molecule is O=C(O)[C@H](Cc1ccc[nH]1)n1ccnc1. The van der Waals surface area contributed by atoms with Gasteiger partial charge in [0.25, 0.3) is 0 Å². The molecular weight excluding hydrogens is 194 g/mol. The van der Waals surface area contributed by atoms with Gasteiger partial charge in [-0.25, -0.2) is 9.78 Å². The number of nitrogens with one attached hydrogen (secondary N) is 1. The summed E-state index contributed by atoms with van der Waals surface area (Å²) in [5.74, 6) is -0.859. The van der Waals surface area contributed by atoms with E-state index in [0.29, 0.717) is 6.42 Å². The fourth-order valence-electron chi connectivity index (χ4n) is 1.48. The molecular formula is C10H11N3O2. The minimum Gasteiger partial charge on any atom is -0.480 e. The highest BCUT2D eigenvalue weighted by Gasteiger charge is 2.19. The Hall–Kier alpha value is -2.04.